The summed E-state index contributed by atoms with van der Waals surface area (Å²) in [6, 6.07) is 3.23. The highest BCUT2D eigenvalue weighted by atomic mass is 19.2. The molecule has 1 amide bonds. The van der Waals surface area contributed by atoms with Crippen molar-refractivity contribution in [2.75, 3.05) is 20.2 Å². The largest absolute Gasteiger partial charge is 0.375 e. The van der Waals surface area contributed by atoms with Crippen molar-refractivity contribution in [2.45, 2.75) is 25.6 Å². The zero-order chi connectivity index (χ0) is 14.7. The average molecular weight is 284 g/mol. The standard InChI is InChI=1S/C14H18F2N2O2/c1-9-13(17-5-6-20-9)14(19)18(2)8-10-3-4-11(15)12(16)7-10/h3-4,7,9,13,17H,5-6,8H2,1-2H3/t9-,13+/m1/s1. The van der Waals surface area contributed by atoms with E-state index in [1.54, 1.807) is 7.05 Å². The molecule has 0 aromatic heterocycles. The number of rotatable bonds is 3. The Morgan fingerprint density at radius 3 is 2.85 bits per heavy atom. The Kier molecular flexibility index (Phi) is 4.67. The van der Waals surface area contributed by atoms with Gasteiger partial charge in [0, 0.05) is 20.1 Å². The third-order valence-electron chi connectivity index (χ3n) is 3.36. The fourth-order valence-electron chi connectivity index (χ4n) is 2.24. The summed E-state index contributed by atoms with van der Waals surface area (Å²) in [6.07, 6.45) is -0.205. The lowest BCUT2D eigenvalue weighted by Gasteiger charge is -2.32. The maximum Gasteiger partial charge on any atom is 0.242 e. The number of nitrogens with one attached hydrogen (secondary N) is 1. The van der Waals surface area contributed by atoms with Crippen LogP contribution in [0.1, 0.15) is 12.5 Å². The second kappa shape index (κ2) is 6.28. The number of benzene rings is 1. The number of likely N-dealkylation sites (N-methyl/N-ethyl adjacent to an activating group) is 1. The number of hydrogen-bond donors (Lipinski definition) is 1. The molecule has 0 aliphatic carbocycles. The fourth-order valence-corrected chi connectivity index (χ4v) is 2.24. The second-order valence-corrected chi connectivity index (χ2v) is 4.95. The van der Waals surface area contributed by atoms with Gasteiger partial charge in [-0.3, -0.25) is 4.79 Å². The number of carbonyl (C=O) groups is 1. The summed E-state index contributed by atoms with van der Waals surface area (Å²) >= 11 is 0. The lowest BCUT2D eigenvalue weighted by molar-refractivity contribution is -0.138. The van der Waals surface area contributed by atoms with Crippen LogP contribution in [-0.2, 0) is 16.1 Å². The van der Waals surface area contributed by atoms with Gasteiger partial charge < -0.3 is 15.0 Å². The van der Waals surface area contributed by atoms with Crippen molar-refractivity contribution in [2.24, 2.45) is 0 Å². The van der Waals surface area contributed by atoms with Gasteiger partial charge in [0.05, 0.1) is 12.7 Å². The highest BCUT2D eigenvalue weighted by Gasteiger charge is 2.30. The first-order chi connectivity index (χ1) is 9.49. The van der Waals surface area contributed by atoms with Gasteiger partial charge in [0.1, 0.15) is 6.04 Å². The molecule has 1 aliphatic heterocycles. The molecule has 0 saturated carbocycles. The Hall–Kier alpha value is -1.53. The highest BCUT2D eigenvalue weighted by Crippen LogP contribution is 2.13. The molecule has 1 N–H and O–H groups in total. The summed E-state index contributed by atoms with van der Waals surface area (Å²) in [7, 11) is 1.63. The van der Waals surface area contributed by atoms with Crippen LogP contribution in [0.3, 0.4) is 0 Å². The smallest absolute Gasteiger partial charge is 0.242 e. The van der Waals surface area contributed by atoms with Gasteiger partial charge in [0.15, 0.2) is 11.6 Å². The maximum atomic E-state index is 13.1. The molecule has 2 atom stereocenters. The quantitative estimate of drug-likeness (QED) is 0.909. The molecule has 2 rings (SSSR count). The van der Waals surface area contributed by atoms with Gasteiger partial charge in [0.25, 0.3) is 0 Å². The van der Waals surface area contributed by atoms with E-state index in [9.17, 15) is 13.6 Å². The van der Waals surface area contributed by atoms with Gasteiger partial charge in [-0.05, 0) is 24.6 Å². The van der Waals surface area contributed by atoms with E-state index < -0.39 is 17.7 Å². The van der Waals surface area contributed by atoms with Gasteiger partial charge in [-0.1, -0.05) is 6.07 Å². The lowest BCUT2D eigenvalue weighted by atomic mass is 10.1. The SMILES string of the molecule is C[C@H]1OCCN[C@@H]1C(=O)N(C)Cc1ccc(F)c(F)c1. The van der Waals surface area contributed by atoms with Crippen molar-refractivity contribution in [3.05, 3.63) is 35.4 Å². The van der Waals surface area contributed by atoms with Gasteiger partial charge in [-0.15, -0.1) is 0 Å². The van der Waals surface area contributed by atoms with E-state index in [1.165, 1.54) is 11.0 Å². The molecule has 1 heterocycles. The first-order valence-electron chi connectivity index (χ1n) is 6.53. The number of halogens is 2. The van der Waals surface area contributed by atoms with Crippen molar-refractivity contribution in [1.29, 1.82) is 0 Å². The first-order valence-corrected chi connectivity index (χ1v) is 6.53. The molecule has 1 fully saturated rings. The lowest BCUT2D eigenvalue weighted by Crippen LogP contribution is -2.55. The third-order valence-corrected chi connectivity index (χ3v) is 3.36. The van der Waals surface area contributed by atoms with E-state index in [0.29, 0.717) is 18.7 Å². The Morgan fingerprint density at radius 1 is 1.45 bits per heavy atom. The van der Waals surface area contributed by atoms with Gasteiger partial charge in [0.2, 0.25) is 5.91 Å². The van der Waals surface area contributed by atoms with Crippen LogP contribution >= 0.6 is 0 Å². The molecule has 110 valence electrons. The van der Waals surface area contributed by atoms with Crippen molar-refractivity contribution >= 4 is 5.91 Å². The first kappa shape index (κ1) is 14.9. The minimum Gasteiger partial charge on any atom is -0.375 e. The summed E-state index contributed by atoms with van der Waals surface area (Å²) in [6.45, 7) is 3.26. The molecule has 6 heteroatoms. The molecule has 4 nitrogen and oxygen atoms in total. The second-order valence-electron chi connectivity index (χ2n) is 4.95. The summed E-state index contributed by atoms with van der Waals surface area (Å²) < 4.78 is 31.4. The number of morpholine rings is 1. The predicted molar refractivity (Wildman–Crippen MR) is 70.0 cm³/mol. The fraction of sp³-hybridized carbons (Fsp3) is 0.500. The number of carbonyl (C=O) groups excluding carboxylic acids is 1. The highest BCUT2D eigenvalue weighted by molar-refractivity contribution is 5.82. The van der Waals surface area contributed by atoms with Crippen LogP contribution in [0.4, 0.5) is 8.78 Å². The molecule has 1 aromatic rings. The molecule has 1 saturated heterocycles. The topological polar surface area (TPSA) is 41.6 Å². The van der Waals surface area contributed by atoms with E-state index in [-0.39, 0.29) is 18.6 Å². The predicted octanol–water partition coefficient (Wildman–Crippen LogP) is 1.30. The molecule has 0 radical (unpaired) electrons. The molecule has 20 heavy (non-hydrogen) atoms. The summed E-state index contributed by atoms with van der Waals surface area (Å²) in [5.41, 5.74) is 0.545. The molecule has 1 aliphatic rings. The zero-order valence-electron chi connectivity index (χ0n) is 11.5. The minimum atomic E-state index is -0.907. The van der Waals surface area contributed by atoms with Gasteiger partial charge >= 0.3 is 0 Å². The average Bonchev–Trinajstić information content (AvgIpc) is 2.42. The van der Waals surface area contributed by atoms with Crippen molar-refractivity contribution < 1.29 is 18.3 Å². The summed E-state index contributed by atoms with van der Waals surface area (Å²) in [5.74, 6) is -1.92. The van der Waals surface area contributed by atoms with E-state index in [1.807, 2.05) is 6.92 Å². The van der Waals surface area contributed by atoms with Crippen LogP contribution in [0.5, 0.6) is 0 Å². The number of amides is 1. The van der Waals surface area contributed by atoms with Crippen molar-refractivity contribution in [3.63, 3.8) is 0 Å². The monoisotopic (exact) mass is 284 g/mol. The minimum absolute atomic E-state index is 0.123. The van der Waals surface area contributed by atoms with Gasteiger partial charge in [-0.25, -0.2) is 8.78 Å². The number of nitrogens with zero attached hydrogens (tertiary/aromatic N) is 1. The molecule has 0 spiro atoms. The van der Waals surface area contributed by atoms with Gasteiger partial charge in [-0.2, -0.15) is 0 Å². The Bertz CT molecular complexity index is 496. The van der Waals surface area contributed by atoms with Crippen LogP contribution in [-0.4, -0.2) is 43.2 Å². The zero-order valence-corrected chi connectivity index (χ0v) is 11.5. The third kappa shape index (κ3) is 3.32. The maximum absolute atomic E-state index is 13.1. The van der Waals surface area contributed by atoms with Crippen LogP contribution in [0.15, 0.2) is 18.2 Å². The van der Waals surface area contributed by atoms with Crippen molar-refractivity contribution in [1.82, 2.24) is 10.2 Å². The Morgan fingerprint density at radius 2 is 2.20 bits per heavy atom. The Labute approximate surface area is 116 Å². The summed E-state index contributed by atoms with van der Waals surface area (Å²) in [5, 5.41) is 3.11. The van der Waals surface area contributed by atoms with E-state index >= 15 is 0 Å². The Balaban J connectivity index is 2.01. The van der Waals surface area contributed by atoms with E-state index in [4.69, 9.17) is 4.74 Å². The van der Waals surface area contributed by atoms with Crippen LogP contribution in [0.2, 0.25) is 0 Å². The van der Waals surface area contributed by atoms with Crippen LogP contribution < -0.4 is 5.32 Å². The number of ether oxygens (including phenoxy) is 1. The summed E-state index contributed by atoms with van der Waals surface area (Å²) in [4.78, 5) is 13.8. The van der Waals surface area contributed by atoms with E-state index in [0.717, 1.165) is 12.1 Å². The molecular weight excluding hydrogens is 266 g/mol. The van der Waals surface area contributed by atoms with Crippen LogP contribution in [0, 0.1) is 11.6 Å². The molecule has 1 aromatic carbocycles. The van der Waals surface area contributed by atoms with Crippen molar-refractivity contribution in [3.8, 4) is 0 Å². The van der Waals surface area contributed by atoms with Crippen LogP contribution in [0.25, 0.3) is 0 Å². The molecule has 0 bridgehead atoms. The van der Waals surface area contributed by atoms with E-state index in [2.05, 4.69) is 5.32 Å². The molecule has 0 unspecified atom stereocenters. The number of hydrogen-bond acceptors (Lipinski definition) is 3. The molecular formula is C14H18F2N2O2. The normalized spacial score (nSPS) is 22.6.